The van der Waals surface area contributed by atoms with Gasteiger partial charge in [0.15, 0.2) is 12.1 Å². The van der Waals surface area contributed by atoms with Crippen molar-refractivity contribution in [1.29, 1.82) is 10.5 Å². The third kappa shape index (κ3) is 24.7. The van der Waals surface area contributed by atoms with E-state index in [2.05, 4.69) is 166 Å². The van der Waals surface area contributed by atoms with Gasteiger partial charge in [0.05, 0.1) is 131 Å². The molecule has 8 aromatic carbocycles. The summed E-state index contributed by atoms with van der Waals surface area (Å²) in [5.74, 6) is 30.3. The van der Waals surface area contributed by atoms with E-state index in [4.69, 9.17) is 52.6 Å². The summed E-state index contributed by atoms with van der Waals surface area (Å²) in [5.41, 5.74) is 19.5. The molecule has 6 heterocycles. The minimum atomic E-state index is -0.482. The molecule has 0 spiro atoms. The molecule has 8 fully saturated rings. The van der Waals surface area contributed by atoms with Crippen molar-refractivity contribution in [2.75, 3.05) is 60.9 Å². The molecule has 6 aliphatic carbocycles. The van der Waals surface area contributed by atoms with Crippen molar-refractivity contribution in [2.45, 2.75) is 265 Å². The quantitative estimate of drug-likeness (QED) is 0.0306. The van der Waals surface area contributed by atoms with Crippen molar-refractivity contribution in [3.8, 4) is 128 Å². The maximum absolute atomic E-state index is 12.1. The maximum atomic E-state index is 12.1. The summed E-state index contributed by atoms with van der Waals surface area (Å²) >= 11 is 0. The average Bonchev–Trinajstić information content (AvgIpc) is 1.60. The Morgan fingerprint density at radius 2 is 0.629 bits per heavy atom. The normalized spacial score (nSPS) is 15.7. The second-order valence-corrected chi connectivity index (χ2v) is 39.0. The van der Waals surface area contributed by atoms with E-state index < -0.39 is 24.4 Å². The van der Waals surface area contributed by atoms with Crippen LogP contribution in [0.2, 0.25) is 0 Å². The van der Waals surface area contributed by atoms with Gasteiger partial charge in [0.1, 0.15) is 35.2 Å². The van der Waals surface area contributed by atoms with E-state index in [0.717, 1.165) is 215 Å². The molecule has 738 valence electrons. The average molecular weight is 1920 g/mol. The number of nitrogens with zero attached hydrogens (tertiary/aromatic N) is 6. The number of benzene rings is 8. The highest BCUT2D eigenvalue weighted by atomic mass is 16.6. The molecule has 143 heavy (non-hydrogen) atoms. The van der Waals surface area contributed by atoms with Crippen LogP contribution < -0.4 is 40.2 Å². The summed E-state index contributed by atoms with van der Waals surface area (Å²) in [6.45, 7) is 22.8. The highest BCUT2D eigenvalue weighted by Crippen LogP contribution is 2.50. The maximum Gasteiger partial charge on any atom is 0.411 e. The van der Waals surface area contributed by atoms with E-state index in [1.807, 2.05) is 172 Å². The van der Waals surface area contributed by atoms with Gasteiger partial charge in [0, 0.05) is 143 Å². The Morgan fingerprint density at radius 1 is 0.350 bits per heavy atom. The van der Waals surface area contributed by atoms with Gasteiger partial charge in [-0.2, -0.15) is 10.5 Å². The molecule has 0 bridgehead atoms. The zero-order valence-electron chi connectivity index (χ0n) is 83.6. The number of carbonyl (C=O) groups is 4. The summed E-state index contributed by atoms with van der Waals surface area (Å²) in [6, 6.07) is 62.0. The van der Waals surface area contributed by atoms with Crippen LogP contribution in [0.1, 0.15) is 250 Å². The zero-order valence-corrected chi connectivity index (χ0v) is 83.6. The number of rotatable bonds is 25. The monoisotopic (exact) mass is 1920 g/mol. The molecule has 24 heteroatoms. The molecule has 2 aliphatic heterocycles. The molecular weight excluding hydrogens is 1790 g/mol. The van der Waals surface area contributed by atoms with Gasteiger partial charge in [0.2, 0.25) is 0 Å². The third-order valence-corrected chi connectivity index (χ3v) is 27.0. The third-order valence-electron chi connectivity index (χ3n) is 27.0. The van der Waals surface area contributed by atoms with Crippen molar-refractivity contribution in [3.05, 3.63) is 192 Å². The zero-order chi connectivity index (χ0) is 99.6. The number of amides is 4. The summed E-state index contributed by atoms with van der Waals surface area (Å²) in [7, 11) is 0. The standard InChI is InChI=1S/C33H38N2O4.C30H31N3O4.C29H32N2O3.C27H27N3O3/c1-22(2)38-33(36)34-25-13-11-24(12-14-25)32-30(8-3-5-23-9-10-23)29-16-15-28(39-27-17-19-37-20-18-27)21-31(29)35(32)26-6-4-7-26;1-20(2)36-30(34)32-22-10-8-21(9-11-22)29-27(7-4-16-31)26-13-12-25(37-24-14-17-35-18-15-24)19-28(26)33(29)23-5-3-6-23;1-4-33-24-15-17-25-26(16-10-20-8-9-20)28(31(27(25)18-24)23-6-5-7-23)21-11-13-22(14-12-21)30-29(32)34-19(2)3;1-4-32-22-14-15-23-24(9-6-16-28)26(30(25(23)17-22)21-7-5-8-21)19-10-12-20(13-11-19)29-27(31)33-18(2)3/h11-16,21-23,26-27H,4-7,9-10,17-20H2,1-2H3,(H,34,36);8-13,19-20,23-24H,3,5-6,14-15,17-18H2,1-2H3,(H,32,34);11-15,17-20,23H,4-9H2,1-3H3,(H,30,32);10-15,17-18,21H,4-5,7-8H2,1-3H3,(H,29,31). The first kappa shape index (κ1) is 99.9. The number of fused-ring (bicyclic) bond motifs is 4. The van der Waals surface area contributed by atoms with E-state index in [9.17, 15) is 24.4 Å². The molecule has 0 unspecified atom stereocenters. The Hall–Kier alpha value is -14.7. The minimum Gasteiger partial charge on any atom is -0.494 e. The second kappa shape index (κ2) is 46.8. The van der Waals surface area contributed by atoms with E-state index in [1.165, 1.54) is 86.0 Å². The molecule has 4 aromatic heterocycles. The Labute approximate surface area is 838 Å². The Bertz CT molecular complexity index is 6940. The molecule has 2 saturated heterocycles. The number of carbonyl (C=O) groups excluding carboxylic acids is 4. The predicted octanol–water partition coefficient (Wildman–Crippen LogP) is 27.5. The fraction of sp³-hybridized carbons (Fsp3) is 0.412. The largest absolute Gasteiger partial charge is 0.494 e. The molecule has 12 aromatic rings. The summed E-state index contributed by atoms with van der Waals surface area (Å²) in [5, 5.41) is 33.9. The summed E-state index contributed by atoms with van der Waals surface area (Å²) < 4.78 is 65.9. The van der Waals surface area contributed by atoms with Gasteiger partial charge in [-0.05, 0) is 309 Å². The molecule has 20 rings (SSSR count). The van der Waals surface area contributed by atoms with Gasteiger partial charge < -0.3 is 65.6 Å². The van der Waals surface area contributed by atoms with E-state index in [-0.39, 0.29) is 36.6 Å². The van der Waals surface area contributed by atoms with Crippen LogP contribution >= 0.6 is 0 Å². The van der Waals surface area contributed by atoms with Gasteiger partial charge >= 0.3 is 24.4 Å². The first-order chi connectivity index (χ1) is 69.6. The molecule has 0 radical (unpaired) electrons. The Kier molecular flexibility index (Phi) is 32.7. The first-order valence-electron chi connectivity index (χ1n) is 51.2. The molecule has 4 amide bonds. The number of aromatic nitrogens is 4. The lowest BCUT2D eigenvalue weighted by atomic mass is 9.92. The van der Waals surface area contributed by atoms with Crippen molar-refractivity contribution in [2.24, 2.45) is 11.8 Å². The van der Waals surface area contributed by atoms with E-state index >= 15 is 0 Å². The SMILES string of the molecule is CC(C)OC(=O)Nc1ccc(-c2c(C#CC#N)c3ccc(OC4CCOCC4)cc3n2C2CCC2)cc1.CC(C)OC(=O)Nc1ccc(-c2c(C#CCC3CC3)c3ccc(OC4CCOCC4)cc3n2C2CCC2)cc1.CCOc1ccc2c(C#CC#N)c(-c3ccc(NC(=O)OC(C)C)cc3)n(C3CCC3)c2c1.CCOc1ccc2c(C#CC3CC3)c(-c3ccc(NC(=O)OC(C)C)cc3)n(C3CCC3)c2c1. The lowest BCUT2D eigenvalue weighted by molar-refractivity contribution is 0.0254. The second-order valence-electron chi connectivity index (χ2n) is 39.0. The summed E-state index contributed by atoms with van der Waals surface area (Å²) in [4.78, 5) is 48.1. The van der Waals surface area contributed by atoms with Crippen molar-refractivity contribution < 1.29 is 66.5 Å². The molecule has 8 aliphatic rings. The number of nitriles is 2. The number of nitrogens with one attached hydrogen (secondary N) is 4. The van der Waals surface area contributed by atoms with Gasteiger partial charge in [0.25, 0.3) is 0 Å². The topological polar surface area (TPSA) is 276 Å². The summed E-state index contributed by atoms with van der Waals surface area (Å²) in [6.07, 6.45) is 21.3. The number of anilines is 4. The van der Waals surface area contributed by atoms with Crippen LogP contribution in [0.4, 0.5) is 41.9 Å². The predicted molar refractivity (Wildman–Crippen MR) is 562 cm³/mol. The lowest BCUT2D eigenvalue weighted by Gasteiger charge is -2.30. The molecule has 6 saturated carbocycles. The highest BCUT2D eigenvalue weighted by Gasteiger charge is 2.35. The van der Waals surface area contributed by atoms with Gasteiger partial charge in [-0.3, -0.25) is 21.3 Å². The van der Waals surface area contributed by atoms with Gasteiger partial charge in [-0.25, -0.2) is 19.2 Å². The van der Waals surface area contributed by atoms with Crippen LogP contribution in [0, 0.1) is 81.9 Å². The van der Waals surface area contributed by atoms with E-state index in [0.29, 0.717) is 66.0 Å². The molecule has 4 N–H and O–H groups in total. The number of ether oxygens (including phenoxy) is 10. The molecule has 24 nitrogen and oxygen atoms in total. The van der Waals surface area contributed by atoms with Gasteiger partial charge in [-0.1, -0.05) is 72.2 Å². The fourth-order valence-corrected chi connectivity index (χ4v) is 19.0. The van der Waals surface area contributed by atoms with Crippen LogP contribution in [0.3, 0.4) is 0 Å². The van der Waals surface area contributed by atoms with Crippen molar-refractivity contribution in [3.63, 3.8) is 0 Å². The van der Waals surface area contributed by atoms with Crippen LogP contribution in [-0.4, -0.2) is 119 Å². The molecule has 0 atom stereocenters. The number of hydrogen-bond acceptors (Lipinski definition) is 16. The molecular formula is C119H128N10O14. The van der Waals surface area contributed by atoms with Crippen LogP contribution in [0.15, 0.2) is 170 Å². The Balaban J connectivity index is 0.000000131. The first-order valence-corrected chi connectivity index (χ1v) is 51.2. The fourth-order valence-electron chi connectivity index (χ4n) is 19.0. The van der Waals surface area contributed by atoms with Crippen LogP contribution in [-0.2, 0) is 28.4 Å². The minimum absolute atomic E-state index is 0.151. The van der Waals surface area contributed by atoms with E-state index in [1.54, 1.807) is 0 Å². The Morgan fingerprint density at radius 3 is 0.888 bits per heavy atom. The van der Waals surface area contributed by atoms with Gasteiger partial charge in [-0.15, -0.1) is 0 Å². The van der Waals surface area contributed by atoms with Crippen molar-refractivity contribution in [1.82, 2.24) is 18.3 Å². The number of hydrogen-bond donors (Lipinski definition) is 4. The lowest BCUT2D eigenvalue weighted by Crippen LogP contribution is -2.25. The smallest absolute Gasteiger partial charge is 0.411 e. The highest BCUT2D eigenvalue weighted by molar-refractivity contribution is 6.01. The van der Waals surface area contributed by atoms with Crippen LogP contribution in [0.25, 0.3) is 88.6 Å². The van der Waals surface area contributed by atoms with Crippen molar-refractivity contribution >= 4 is 90.7 Å². The van der Waals surface area contributed by atoms with Crippen LogP contribution in [0.5, 0.6) is 23.0 Å².